The van der Waals surface area contributed by atoms with Gasteiger partial charge >= 0.3 is 0 Å². The number of hydrogen-bond acceptors (Lipinski definition) is 5. The van der Waals surface area contributed by atoms with E-state index in [4.69, 9.17) is 9.47 Å². The van der Waals surface area contributed by atoms with Crippen LogP contribution in [0.5, 0.6) is 11.8 Å². The van der Waals surface area contributed by atoms with Gasteiger partial charge in [-0.25, -0.2) is 9.97 Å². The zero-order valence-corrected chi connectivity index (χ0v) is 10.4. The molecular formula is C12H19N3O2. The maximum absolute atomic E-state index is 5.75. The van der Waals surface area contributed by atoms with Crippen LogP contribution in [0.25, 0.3) is 0 Å². The largest absolute Gasteiger partial charge is 0.481 e. The van der Waals surface area contributed by atoms with Crippen molar-refractivity contribution in [2.24, 2.45) is 5.92 Å². The molecule has 94 valence electrons. The van der Waals surface area contributed by atoms with Crippen LogP contribution in [0.3, 0.4) is 0 Å². The van der Waals surface area contributed by atoms with Crippen LogP contribution in [-0.2, 0) is 0 Å². The molecule has 0 radical (unpaired) electrons. The Hall–Kier alpha value is -1.36. The number of nitrogens with zero attached hydrogens (tertiary/aromatic N) is 2. The van der Waals surface area contributed by atoms with Crippen LogP contribution in [0, 0.1) is 12.8 Å². The summed E-state index contributed by atoms with van der Waals surface area (Å²) >= 11 is 0. The molecule has 1 fully saturated rings. The van der Waals surface area contributed by atoms with E-state index in [0.29, 0.717) is 24.3 Å². The zero-order valence-electron chi connectivity index (χ0n) is 10.4. The van der Waals surface area contributed by atoms with Crippen molar-refractivity contribution in [3.8, 4) is 11.8 Å². The van der Waals surface area contributed by atoms with Crippen molar-refractivity contribution in [2.75, 3.05) is 26.8 Å². The van der Waals surface area contributed by atoms with Crippen LogP contribution < -0.4 is 14.8 Å². The topological polar surface area (TPSA) is 56.3 Å². The first-order chi connectivity index (χ1) is 8.31. The third-order valence-corrected chi connectivity index (χ3v) is 3.04. The van der Waals surface area contributed by atoms with Gasteiger partial charge < -0.3 is 14.8 Å². The first-order valence-corrected chi connectivity index (χ1v) is 6.00. The van der Waals surface area contributed by atoms with Crippen molar-refractivity contribution in [1.29, 1.82) is 0 Å². The molecule has 1 aromatic rings. The number of piperidine rings is 1. The van der Waals surface area contributed by atoms with Gasteiger partial charge in [-0.2, -0.15) is 0 Å². The van der Waals surface area contributed by atoms with Gasteiger partial charge in [0.05, 0.1) is 19.3 Å². The molecule has 5 nitrogen and oxygen atoms in total. The van der Waals surface area contributed by atoms with E-state index in [1.54, 1.807) is 7.11 Å². The molecule has 17 heavy (non-hydrogen) atoms. The third-order valence-electron chi connectivity index (χ3n) is 3.04. The number of ether oxygens (including phenoxy) is 2. The Bertz CT molecular complexity index is 365. The summed E-state index contributed by atoms with van der Waals surface area (Å²) in [5.41, 5.74) is 0.860. The molecule has 0 amide bonds. The number of nitrogens with one attached hydrogen (secondary N) is 1. The Morgan fingerprint density at radius 2 is 2.24 bits per heavy atom. The first kappa shape index (κ1) is 12.1. The van der Waals surface area contributed by atoms with Gasteiger partial charge in [0.15, 0.2) is 0 Å². The van der Waals surface area contributed by atoms with Crippen molar-refractivity contribution >= 4 is 0 Å². The standard InChI is InChI=1S/C12H19N3O2/c1-9-11(16-2)14-8-15-12(9)17-7-10-4-3-5-13-6-10/h8,10,13H,3-7H2,1-2H3. The summed E-state index contributed by atoms with van der Waals surface area (Å²) in [6.45, 7) is 4.76. The average Bonchev–Trinajstić information content (AvgIpc) is 2.39. The molecule has 0 aromatic carbocycles. The Balaban J connectivity index is 1.93. The Kier molecular flexibility index (Phi) is 4.14. The minimum Gasteiger partial charge on any atom is -0.481 e. The van der Waals surface area contributed by atoms with Gasteiger partial charge in [-0.1, -0.05) is 0 Å². The minimum atomic E-state index is 0.573. The molecule has 1 aliphatic heterocycles. The summed E-state index contributed by atoms with van der Waals surface area (Å²) in [5, 5.41) is 3.37. The van der Waals surface area contributed by atoms with Crippen molar-refractivity contribution in [3.05, 3.63) is 11.9 Å². The zero-order chi connectivity index (χ0) is 12.1. The van der Waals surface area contributed by atoms with Gasteiger partial charge in [0.1, 0.15) is 6.33 Å². The van der Waals surface area contributed by atoms with Gasteiger partial charge in [0.2, 0.25) is 11.8 Å². The van der Waals surface area contributed by atoms with Crippen molar-refractivity contribution in [2.45, 2.75) is 19.8 Å². The minimum absolute atomic E-state index is 0.573. The number of rotatable bonds is 4. The molecular weight excluding hydrogens is 218 g/mol. The molecule has 1 saturated heterocycles. The maximum atomic E-state index is 5.75. The number of hydrogen-bond donors (Lipinski definition) is 1. The van der Waals surface area contributed by atoms with E-state index in [0.717, 1.165) is 18.7 Å². The van der Waals surface area contributed by atoms with Crippen molar-refractivity contribution in [3.63, 3.8) is 0 Å². The lowest BCUT2D eigenvalue weighted by Crippen LogP contribution is -2.33. The molecule has 0 saturated carbocycles. The summed E-state index contributed by atoms with van der Waals surface area (Å²) in [6.07, 6.45) is 3.91. The highest BCUT2D eigenvalue weighted by molar-refractivity contribution is 5.32. The van der Waals surface area contributed by atoms with E-state index in [1.165, 1.54) is 19.2 Å². The summed E-state index contributed by atoms with van der Waals surface area (Å²) in [5.74, 6) is 1.78. The SMILES string of the molecule is COc1ncnc(OCC2CCCNC2)c1C. The predicted molar refractivity (Wildman–Crippen MR) is 64.4 cm³/mol. The highest BCUT2D eigenvalue weighted by Crippen LogP contribution is 2.22. The van der Waals surface area contributed by atoms with Crippen LogP contribution in [-0.4, -0.2) is 36.8 Å². The predicted octanol–water partition coefficient (Wildman–Crippen LogP) is 1.17. The fraction of sp³-hybridized carbons (Fsp3) is 0.667. The van der Waals surface area contributed by atoms with Crippen LogP contribution in [0.2, 0.25) is 0 Å². The summed E-state index contributed by atoms with van der Waals surface area (Å²) < 4.78 is 10.9. The molecule has 2 heterocycles. The van der Waals surface area contributed by atoms with Crippen LogP contribution in [0.15, 0.2) is 6.33 Å². The summed E-state index contributed by atoms with van der Waals surface area (Å²) in [4.78, 5) is 8.16. The second-order valence-corrected chi connectivity index (χ2v) is 4.34. The number of aromatic nitrogens is 2. The Labute approximate surface area is 102 Å². The molecule has 1 unspecified atom stereocenters. The number of methoxy groups -OCH3 is 1. The Morgan fingerprint density at radius 1 is 1.41 bits per heavy atom. The molecule has 2 rings (SSSR count). The molecule has 5 heteroatoms. The lowest BCUT2D eigenvalue weighted by Gasteiger charge is -2.22. The summed E-state index contributed by atoms with van der Waals surface area (Å²) in [7, 11) is 1.60. The summed E-state index contributed by atoms with van der Waals surface area (Å²) in [6, 6.07) is 0. The van der Waals surface area contributed by atoms with E-state index in [1.807, 2.05) is 6.92 Å². The fourth-order valence-corrected chi connectivity index (χ4v) is 2.03. The Morgan fingerprint density at radius 3 is 2.94 bits per heavy atom. The van der Waals surface area contributed by atoms with Crippen LogP contribution in [0.1, 0.15) is 18.4 Å². The quantitative estimate of drug-likeness (QED) is 0.852. The van der Waals surface area contributed by atoms with Crippen LogP contribution >= 0.6 is 0 Å². The molecule has 1 N–H and O–H groups in total. The molecule has 1 aromatic heterocycles. The lowest BCUT2D eigenvalue weighted by molar-refractivity contribution is 0.209. The molecule has 0 aliphatic carbocycles. The highest BCUT2D eigenvalue weighted by Gasteiger charge is 2.15. The monoisotopic (exact) mass is 237 g/mol. The lowest BCUT2D eigenvalue weighted by atomic mass is 10.0. The maximum Gasteiger partial charge on any atom is 0.223 e. The van der Waals surface area contributed by atoms with Crippen molar-refractivity contribution < 1.29 is 9.47 Å². The van der Waals surface area contributed by atoms with Gasteiger partial charge in [-0.05, 0) is 26.3 Å². The van der Waals surface area contributed by atoms with E-state index >= 15 is 0 Å². The van der Waals surface area contributed by atoms with Gasteiger partial charge in [0.25, 0.3) is 0 Å². The van der Waals surface area contributed by atoms with Crippen molar-refractivity contribution in [1.82, 2.24) is 15.3 Å². The fourth-order valence-electron chi connectivity index (χ4n) is 2.03. The second-order valence-electron chi connectivity index (χ2n) is 4.34. The van der Waals surface area contributed by atoms with E-state index in [9.17, 15) is 0 Å². The smallest absolute Gasteiger partial charge is 0.223 e. The third kappa shape index (κ3) is 3.06. The first-order valence-electron chi connectivity index (χ1n) is 6.00. The van der Waals surface area contributed by atoms with E-state index < -0.39 is 0 Å². The van der Waals surface area contributed by atoms with E-state index in [2.05, 4.69) is 15.3 Å². The van der Waals surface area contributed by atoms with Gasteiger partial charge in [-0.3, -0.25) is 0 Å². The van der Waals surface area contributed by atoms with E-state index in [-0.39, 0.29) is 0 Å². The molecule has 0 bridgehead atoms. The van der Waals surface area contributed by atoms with Crippen LogP contribution in [0.4, 0.5) is 0 Å². The molecule has 1 atom stereocenters. The normalized spacial score (nSPS) is 20.0. The molecule has 1 aliphatic rings. The second kappa shape index (κ2) is 5.82. The highest BCUT2D eigenvalue weighted by atomic mass is 16.5. The molecule has 0 spiro atoms. The van der Waals surface area contributed by atoms with Gasteiger partial charge in [-0.15, -0.1) is 0 Å². The van der Waals surface area contributed by atoms with Gasteiger partial charge in [0, 0.05) is 12.5 Å². The average molecular weight is 237 g/mol.